The Bertz CT molecular complexity index is 823. The molecule has 0 bridgehead atoms. The second-order valence-electron chi connectivity index (χ2n) is 4.49. The van der Waals surface area contributed by atoms with Crippen molar-refractivity contribution in [1.82, 2.24) is 4.98 Å². The molecule has 0 saturated heterocycles. The molecule has 0 saturated carbocycles. The van der Waals surface area contributed by atoms with E-state index < -0.39 is 17.5 Å². The molecule has 0 aliphatic rings. The fourth-order valence-corrected chi connectivity index (χ4v) is 3.49. The average Bonchev–Trinajstić information content (AvgIpc) is 2.54. The van der Waals surface area contributed by atoms with Crippen molar-refractivity contribution >= 4 is 62.2 Å². The van der Waals surface area contributed by atoms with Gasteiger partial charge >= 0.3 is 11.7 Å². The lowest BCUT2D eigenvalue weighted by Crippen LogP contribution is -2.10. The van der Waals surface area contributed by atoms with Crippen LogP contribution in [-0.2, 0) is 4.79 Å². The van der Waals surface area contributed by atoms with Gasteiger partial charge in [0.25, 0.3) is 0 Å². The van der Waals surface area contributed by atoms with Crippen molar-refractivity contribution < 1.29 is 19.6 Å². The fourth-order valence-electron chi connectivity index (χ4n) is 1.72. The van der Waals surface area contributed by atoms with Crippen LogP contribution < -0.4 is 10.2 Å². The molecule has 0 spiro atoms. The SMILES string of the molecule is O=C(O)COc1c(Br)cc(/C=N\Nc2ncccc2[N+](=O)[O-])cc1I. The Morgan fingerprint density at radius 1 is 1.56 bits per heavy atom. The lowest BCUT2D eigenvalue weighted by atomic mass is 10.2. The van der Waals surface area contributed by atoms with Crippen LogP contribution in [0.5, 0.6) is 5.75 Å². The van der Waals surface area contributed by atoms with Gasteiger partial charge in [-0.15, -0.1) is 0 Å². The maximum Gasteiger partial charge on any atom is 0.341 e. The molecule has 2 rings (SSSR count). The van der Waals surface area contributed by atoms with Crippen molar-refractivity contribution in [3.63, 3.8) is 0 Å². The highest BCUT2D eigenvalue weighted by molar-refractivity contribution is 14.1. The van der Waals surface area contributed by atoms with Crippen LogP contribution in [0.3, 0.4) is 0 Å². The van der Waals surface area contributed by atoms with Crippen molar-refractivity contribution in [3.8, 4) is 5.75 Å². The van der Waals surface area contributed by atoms with Crippen LogP contribution in [0.4, 0.5) is 11.5 Å². The normalized spacial score (nSPS) is 10.6. The van der Waals surface area contributed by atoms with E-state index in [2.05, 4.69) is 31.4 Å². The van der Waals surface area contributed by atoms with Crippen LogP contribution in [0, 0.1) is 13.7 Å². The summed E-state index contributed by atoms with van der Waals surface area (Å²) in [6.07, 6.45) is 2.87. The molecular formula is C14H10BrIN4O5. The Hall–Kier alpha value is -2.28. The number of aliphatic carboxylic acids is 1. The van der Waals surface area contributed by atoms with Crippen LogP contribution in [0.25, 0.3) is 0 Å². The summed E-state index contributed by atoms with van der Waals surface area (Å²) in [4.78, 5) is 24.8. The molecule has 1 heterocycles. The van der Waals surface area contributed by atoms with Crippen molar-refractivity contribution in [2.75, 3.05) is 12.0 Å². The number of hydrazone groups is 1. The Labute approximate surface area is 163 Å². The van der Waals surface area contributed by atoms with Crippen molar-refractivity contribution in [1.29, 1.82) is 0 Å². The molecule has 0 fully saturated rings. The lowest BCUT2D eigenvalue weighted by molar-refractivity contribution is -0.384. The van der Waals surface area contributed by atoms with Crippen molar-refractivity contribution in [2.45, 2.75) is 0 Å². The molecule has 0 radical (unpaired) electrons. The van der Waals surface area contributed by atoms with Gasteiger partial charge in [-0.2, -0.15) is 5.10 Å². The van der Waals surface area contributed by atoms with Gasteiger partial charge in [0.15, 0.2) is 6.61 Å². The Balaban J connectivity index is 2.14. The number of pyridine rings is 1. The zero-order valence-electron chi connectivity index (χ0n) is 12.3. The van der Waals surface area contributed by atoms with E-state index in [4.69, 9.17) is 9.84 Å². The van der Waals surface area contributed by atoms with E-state index in [1.54, 1.807) is 12.1 Å². The number of carboxylic acid groups (broad SMARTS) is 1. The highest BCUT2D eigenvalue weighted by Crippen LogP contribution is 2.31. The molecule has 2 N–H and O–H groups in total. The van der Waals surface area contributed by atoms with Crippen LogP contribution >= 0.6 is 38.5 Å². The minimum atomic E-state index is -1.07. The predicted octanol–water partition coefficient (Wildman–Crippen LogP) is 3.27. The number of nitrogens with one attached hydrogen (secondary N) is 1. The summed E-state index contributed by atoms with van der Waals surface area (Å²) >= 11 is 5.31. The number of hydrogen-bond donors (Lipinski definition) is 2. The van der Waals surface area contributed by atoms with Crippen molar-refractivity contribution in [3.05, 3.63) is 54.2 Å². The smallest absolute Gasteiger partial charge is 0.341 e. The molecule has 130 valence electrons. The highest BCUT2D eigenvalue weighted by Gasteiger charge is 2.13. The Morgan fingerprint density at radius 2 is 2.32 bits per heavy atom. The third kappa shape index (κ3) is 5.35. The number of hydrogen-bond acceptors (Lipinski definition) is 7. The molecular weight excluding hydrogens is 511 g/mol. The summed E-state index contributed by atoms with van der Waals surface area (Å²) in [6, 6.07) is 6.18. The number of carbonyl (C=O) groups is 1. The van der Waals surface area contributed by atoms with E-state index in [0.29, 0.717) is 19.4 Å². The minimum absolute atomic E-state index is 0.0268. The third-order valence-electron chi connectivity index (χ3n) is 2.73. The van der Waals surface area contributed by atoms with E-state index in [0.717, 1.165) is 0 Å². The molecule has 1 aromatic heterocycles. The van der Waals surface area contributed by atoms with Crippen LogP contribution in [-0.4, -0.2) is 33.8 Å². The molecule has 25 heavy (non-hydrogen) atoms. The summed E-state index contributed by atoms with van der Waals surface area (Å²) in [5.41, 5.74) is 3.01. The van der Waals surface area contributed by atoms with Gasteiger partial charge in [-0.05, 0) is 62.3 Å². The van der Waals surface area contributed by atoms with Crippen LogP contribution in [0.1, 0.15) is 5.56 Å². The molecule has 1 aromatic carbocycles. The molecule has 0 aliphatic carbocycles. The average molecular weight is 521 g/mol. The molecule has 2 aromatic rings. The number of halogens is 2. The van der Waals surface area contributed by atoms with Gasteiger partial charge in [0.05, 0.1) is 19.2 Å². The first kappa shape index (κ1) is 19.1. The van der Waals surface area contributed by atoms with Gasteiger partial charge in [-0.25, -0.2) is 9.78 Å². The molecule has 0 amide bonds. The topological polar surface area (TPSA) is 127 Å². The monoisotopic (exact) mass is 520 g/mol. The maximum atomic E-state index is 10.9. The summed E-state index contributed by atoms with van der Waals surface area (Å²) < 4.78 is 6.44. The molecule has 0 atom stereocenters. The number of benzene rings is 1. The Morgan fingerprint density at radius 3 is 2.96 bits per heavy atom. The largest absolute Gasteiger partial charge is 0.480 e. The number of ether oxygens (including phenoxy) is 1. The molecule has 11 heteroatoms. The predicted molar refractivity (Wildman–Crippen MR) is 102 cm³/mol. The van der Waals surface area contributed by atoms with Crippen LogP contribution in [0.15, 0.2) is 40.0 Å². The van der Waals surface area contributed by atoms with E-state index in [9.17, 15) is 14.9 Å². The third-order valence-corrected chi connectivity index (χ3v) is 4.12. The molecule has 9 nitrogen and oxygen atoms in total. The summed E-state index contributed by atoms with van der Waals surface area (Å²) in [5.74, 6) is -0.637. The number of anilines is 1. The van der Waals surface area contributed by atoms with Crippen molar-refractivity contribution in [2.24, 2.45) is 5.10 Å². The summed E-state index contributed by atoms with van der Waals surface area (Å²) in [5, 5.41) is 23.5. The van der Waals surface area contributed by atoms with E-state index in [1.165, 1.54) is 24.5 Å². The lowest BCUT2D eigenvalue weighted by Gasteiger charge is -2.09. The first-order valence-electron chi connectivity index (χ1n) is 6.60. The first-order chi connectivity index (χ1) is 11.9. The van der Waals surface area contributed by atoms with Gasteiger partial charge in [0, 0.05) is 12.3 Å². The quantitative estimate of drug-likeness (QED) is 0.248. The number of rotatable bonds is 7. The number of carboxylic acids is 1. The Kier molecular flexibility index (Phi) is 6.64. The van der Waals surface area contributed by atoms with Gasteiger partial charge in [-0.3, -0.25) is 15.5 Å². The summed E-state index contributed by atoms with van der Waals surface area (Å²) in [7, 11) is 0. The van der Waals surface area contributed by atoms with E-state index >= 15 is 0 Å². The first-order valence-corrected chi connectivity index (χ1v) is 8.47. The number of nitrogens with zero attached hydrogens (tertiary/aromatic N) is 3. The fraction of sp³-hybridized carbons (Fsp3) is 0.0714. The zero-order valence-corrected chi connectivity index (χ0v) is 16.1. The standard InChI is InChI=1S/C14H10BrIN4O5/c15-9-4-8(5-10(16)13(9)25-7-12(21)22)6-18-19-14-11(20(23)24)2-1-3-17-14/h1-6H,7H2,(H,17,19)(H,21,22)/b18-6-. The molecule has 0 unspecified atom stereocenters. The summed E-state index contributed by atoms with van der Waals surface area (Å²) in [6.45, 7) is -0.451. The van der Waals surface area contributed by atoms with E-state index in [-0.39, 0.29) is 11.5 Å². The van der Waals surface area contributed by atoms with E-state index in [1.807, 2.05) is 22.6 Å². The second kappa shape index (κ2) is 8.71. The maximum absolute atomic E-state index is 10.9. The van der Waals surface area contributed by atoms with Gasteiger partial charge < -0.3 is 9.84 Å². The second-order valence-corrected chi connectivity index (χ2v) is 6.51. The zero-order chi connectivity index (χ0) is 18.4. The number of nitro groups is 1. The minimum Gasteiger partial charge on any atom is -0.480 e. The number of aromatic nitrogens is 1. The van der Waals surface area contributed by atoms with Crippen LogP contribution in [0.2, 0.25) is 0 Å². The molecule has 0 aliphatic heterocycles. The van der Waals surface area contributed by atoms with Gasteiger partial charge in [0.2, 0.25) is 5.82 Å². The van der Waals surface area contributed by atoms with Gasteiger partial charge in [0.1, 0.15) is 5.75 Å². The van der Waals surface area contributed by atoms with Gasteiger partial charge in [-0.1, -0.05) is 0 Å². The highest BCUT2D eigenvalue weighted by atomic mass is 127.